The van der Waals surface area contributed by atoms with Crippen molar-refractivity contribution in [2.45, 2.75) is 39.5 Å². The van der Waals surface area contributed by atoms with Gasteiger partial charge in [-0.3, -0.25) is 4.99 Å². The second-order valence-electron chi connectivity index (χ2n) is 7.14. The summed E-state index contributed by atoms with van der Waals surface area (Å²) in [4.78, 5) is 4.62. The molecule has 1 heterocycles. The molecule has 0 spiro atoms. The third-order valence-electron chi connectivity index (χ3n) is 4.72. The van der Waals surface area contributed by atoms with Gasteiger partial charge in [0.1, 0.15) is 5.75 Å². The highest BCUT2D eigenvalue weighted by molar-refractivity contribution is 5.79. The van der Waals surface area contributed by atoms with Crippen molar-refractivity contribution in [1.29, 1.82) is 0 Å². The predicted molar refractivity (Wildman–Crippen MR) is 114 cm³/mol. The minimum Gasteiger partial charge on any atom is -0.493 e. The van der Waals surface area contributed by atoms with Gasteiger partial charge in [0.25, 0.3) is 0 Å². The van der Waals surface area contributed by atoms with Crippen molar-refractivity contribution in [1.82, 2.24) is 10.6 Å². The molecule has 0 saturated carbocycles. The van der Waals surface area contributed by atoms with Crippen LogP contribution in [0, 0.1) is 12.8 Å². The SMILES string of the molecule is CCNC(=NCCCOc1ccccc1C)NCCCOCC1CCOCC1. The zero-order valence-corrected chi connectivity index (χ0v) is 17.5. The Balaban J connectivity index is 1.53. The van der Waals surface area contributed by atoms with E-state index in [-0.39, 0.29) is 0 Å². The molecule has 2 N–H and O–H groups in total. The highest BCUT2D eigenvalue weighted by Crippen LogP contribution is 2.16. The van der Waals surface area contributed by atoms with Crippen LogP contribution in [0.4, 0.5) is 0 Å². The molecule has 6 heteroatoms. The smallest absolute Gasteiger partial charge is 0.191 e. The summed E-state index contributed by atoms with van der Waals surface area (Å²) >= 11 is 0. The number of para-hydroxylation sites is 1. The lowest BCUT2D eigenvalue weighted by Gasteiger charge is -2.21. The first-order valence-corrected chi connectivity index (χ1v) is 10.7. The molecule has 6 nitrogen and oxygen atoms in total. The van der Waals surface area contributed by atoms with Crippen molar-refractivity contribution in [2.75, 3.05) is 52.7 Å². The molecule has 0 radical (unpaired) electrons. The molecule has 158 valence electrons. The van der Waals surface area contributed by atoms with Crippen LogP contribution in [0.3, 0.4) is 0 Å². The number of rotatable bonds is 12. The monoisotopic (exact) mass is 391 g/mol. The summed E-state index contributed by atoms with van der Waals surface area (Å²) in [6.07, 6.45) is 4.12. The Labute approximate surface area is 170 Å². The molecule has 0 aliphatic carbocycles. The Morgan fingerprint density at radius 2 is 1.96 bits per heavy atom. The van der Waals surface area contributed by atoms with Gasteiger partial charge in [0.2, 0.25) is 0 Å². The third-order valence-corrected chi connectivity index (χ3v) is 4.72. The number of ether oxygens (including phenoxy) is 3. The van der Waals surface area contributed by atoms with Gasteiger partial charge >= 0.3 is 0 Å². The van der Waals surface area contributed by atoms with Gasteiger partial charge in [0, 0.05) is 52.5 Å². The molecule has 1 aromatic carbocycles. The van der Waals surface area contributed by atoms with Crippen molar-refractivity contribution in [3.05, 3.63) is 29.8 Å². The van der Waals surface area contributed by atoms with Crippen LogP contribution >= 0.6 is 0 Å². The minimum atomic E-state index is 0.669. The second-order valence-corrected chi connectivity index (χ2v) is 7.14. The molecule has 1 fully saturated rings. The number of hydrogen-bond acceptors (Lipinski definition) is 4. The molecule has 0 bridgehead atoms. The van der Waals surface area contributed by atoms with Gasteiger partial charge in [-0.2, -0.15) is 0 Å². The summed E-state index contributed by atoms with van der Waals surface area (Å²) in [6.45, 7) is 10.7. The summed E-state index contributed by atoms with van der Waals surface area (Å²) in [5.74, 6) is 2.49. The van der Waals surface area contributed by atoms with E-state index < -0.39 is 0 Å². The first-order valence-electron chi connectivity index (χ1n) is 10.7. The molecule has 1 aliphatic rings. The van der Waals surface area contributed by atoms with Crippen LogP contribution in [0.1, 0.15) is 38.2 Å². The van der Waals surface area contributed by atoms with E-state index in [1.165, 1.54) is 5.56 Å². The number of aryl methyl sites for hydroxylation is 1. The van der Waals surface area contributed by atoms with Gasteiger partial charge in [-0.1, -0.05) is 18.2 Å². The molecule has 0 atom stereocenters. The normalized spacial score (nSPS) is 15.4. The van der Waals surface area contributed by atoms with Crippen LogP contribution in [-0.2, 0) is 9.47 Å². The molecule has 1 aromatic rings. The molecule has 0 aromatic heterocycles. The molecule has 0 unspecified atom stereocenters. The average molecular weight is 392 g/mol. The van der Waals surface area contributed by atoms with E-state index in [4.69, 9.17) is 14.2 Å². The minimum absolute atomic E-state index is 0.669. The Morgan fingerprint density at radius 1 is 1.14 bits per heavy atom. The van der Waals surface area contributed by atoms with E-state index in [9.17, 15) is 0 Å². The number of nitrogens with one attached hydrogen (secondary N) is 2. The molecular weight excluding hydrogens is 354 g/mol. The molecule has 0 amide bonds. The average Bonchev–Trinajstić information content (AvgIpc) is 2.72. The number of guanidine groups is 1. The fourth-order valence-electron chi connectivity index (χ4n) is 3.04. The van der Waals surface area contributed by atoms with Crippen LogP contribution in [0.15, 0.2) is 29.3 Å². The van der Waals surface area contributed by atoms with Crippen molar-refractivity contribution in [3.63, 3.8) is 0 Å². The van der Waals surface area contributed by atoms with Crippen LogP contribution in [0.2, 0.25) is 0 Å². The molecule has 1 saturated heterocycles. The van der Waals surface area contributed by atoms with Crippen molar-refractivity contribution in [3.8, 4) is 5.75 Å². The maximum Gasteiger partial charge on any atom is 0.191 e. The van der Waals surface area contributed by atoms with Gasteiger partial charge < -0.3 is 24.8 Å². The highest BCUT2D eigenvalue weighted by atomic mass is 16.5. The van der Waals surface area contributed by atoms with E-state index in [2.05, 4.69) is 35.5 Å². The first-order chi connectivity index (χ1) is 13.8. The predicted octanol–water partition coefficient (Wildman–Crippen LogP) is 3.15. The second kappa shape index (κ2) is 14.2. The Bertz CT molecular complexity index is 560. The summed E-state index contributed by atoms with van der Waals surface area (Å²) in [6, 6.07) is 8.10. The number of benzene rings is 1. The standard InChI is InChI=1S/C22H37N3O3/c1-3-23-22(24-12-6-14-27-18-20-10-16-26-17-11-20)25-13-7-15-28-21-9-5-4-8-19(21)2/h4-5,8-9,20H,3,6-7,10-18H2,1-2H3,(H2,23,24,25). The first kappa shape index (κ1) is 22.5. The van der Waals surface area contributed by atoms with Crippen LogP contribution < -0.4 is 15.4 Å². The van der Waals surface area contributed by atoms with Crippen molar-refractivity contribution in [2.24, 2.45) is 10.9 Å². The highest BCUT2D eigenvalue weighted by Gasteiger charge is 2.13. The van der Waals surface area contributed by atoms with Crippen LogP contribution in [-0.4, -0.2) is 58.6 Å². The summed E-state index contributed by atoms with van der Waals surface area (Å²) in [5.41, 5.74) is 1.17. The van der Waals surface area contributed by atoms with Gasteiger partial charge in [-0.25, -0.2) is 0 Å². The summed E-state index contributed by atoms with van der Waals surface area (Å²) in [7, 11) is 0. The van der Waals surface area contributed by atoms with E-state index in [1.807, 2.05) is 18.2 Å². The fourth-order valence-corrected chi connectivity index (χ4v) is 3.04. The lowest BCUT2D eigenvalue weighted by molar-refractivity contribution is 0.0203. The number of hydrogen-bond donors (Lipinski definition) is 2. The molecule has 1 aliphatic heterocycles. The van der Waals surface area contributed by atoms with Gasteiger partial charge in [-0.05, 0) is 50.7 Å². The van der Waals surface area contributed by atoms with Crippen LogP contribution in [0.25, 0.3) is 0 Å². The zero-order valence-electron chi connectivity index (χ0n) is 17.5. The van der Waals surface area contributed by atoms with Crippen molar-refractivity contribution < 1.29 is 14.2 Å². The summed E-state index contributed by atoms with van der Waals surface area (Å²) < 4.78 is 17.0. The maximum atomic E-state index is 5.82. The van der Waals surface area contributed by atoms with E-state index in [0.717, 1.165) is 83.5 Å². The lowest BCUT2D eigenvalue weighted by atomic mass is 10.0. The van der Waals surface area contributed by atoms with E-state index >= 15 is 0 Å². The van der Waals surface area contributed by atoms with Crippen molar-refractivity contribution >= 4 is 5.96 Å². The number of aliphatic imine (C=N–C) groups is 1. The Kier molecular flexibility index (Phi) is 11.4. The van der Waals surface area contributed by atoms with E-state index in [1.54, 1.807) is 0 Å². The zero-order chi connectivity index (χ0) is 19.9. The van der Waals surface area contributed by atoms with Gasteiger partial charge in [-0.15, -0.1) is 0 Å². The lowest BCUT2D eigenvalue weighted by Crippen LogP contribution is -2.38. The number of nitrogens with zero attached hydrogens (tertiary/aromatic N) is 1. The maximum absolute atomic E-state index is 5.82. The molecule has 28 heavy (non-hydrogen) atoms. The molecular formula is C22H37N3O3. The van der Waals surface area contributed by atoms with Gasteiger partial charge in [0.05, 0.1) is 6.61 Å². The summed E-state index contributed by atoms with van der Waals surface area (Å²) in [5, 5.41) is 6.66. The Morgan fingerprint density at radius 3 is 2.75 bits per heavy atom. The van der Waals surface area contributed by atoms with Crippen LogP contribution in [0.5, 0.6) is 5.75 Å². The topological polar surface area (TPSA) is 64.1 Å². The quantitative estimate of drug-likeness (QED) is 0.326. The molecule has 2 rings (SSSR count). The largest absolute Gasteiger partial charge is 0.493 e. The van der Waals surface area contributed by atoms with Gasteiger partial charge in [0.15, 0.2) is 5.96 Å². The fraction of sp³-hybridized carbons (Fsp3) is 0.682. The Hall–Kier alpha value is -1.79. The van der Waals surface area contributed by atoms with E-state index in [0.29, 0.717) is 12.5 Å². The third kappa shape index (κ3) is 9.42.